The summed E-state index contributed by atoms with van der Waals surface area (Å²) < 4.78 is 5.69. The summed E-state index contributed by atoms with van der Waals surface area (Å²) in [6, 6.07) is 9.74. The lowest BCUT2D eigenvalue weighted by atomic mass is 10.2. The molecule has 108 valence electrons. The predicted molar refractivity (Wildman–Crippen MR) is 84.7 cm³/mol. The number of hydrogen-bond acceptors (Lipinski definition) is 2. The lowest BCUT2D eigenvalue weighted by molar-refractivity contribution is -0.131. The van der Waals surface area contributed by atoms with Gasteiger partial charge >= 0.3 is 5.97 Å². The smallest absolute Gasteiger partial charge is 0.328 e. The summed E-state index contributed by atoms with van der Waals surface area (Å²) in [5, 5.41) is 9.96. The van der Waals surface area contributed by atoms with E-state index in [1.807, 2.05) is 0 Å². The molecule has 0 saturated heterocycles. The number of carbonyl (C=O) groups is 1. The second-order valence-corrected chi connectivity index (χ2v) is 5.28. The highest BCUT2D eigenvalue weighted by Gasteiger charge is 2.06. The number of benzene rings is 2. The van der Waals surface area contributed by atoms with Gasteiger partial charge in [0.05, 0.1) is 10.0 Å². The maximum atomic E-state index is 10.6. The van der Waals surface area contributed by atoms with Crippen LogP contribution in [0.5, 0.6) is 11.5 Å². The second kappa shape index (κ2) is 6.85. The van der Waals surface area contributed by atoms with Gasteiger partial charge in [0.25, 0.3) is 0 Å². The highest BCUT2D eigenvalue weighted by Crippen LogP contribution is 2.32. The molecule has 0 radical (unpaired) electrons. The fourth-order valence-electron chi connectivity index (χ4n) is 1.57. The van der Waals surface area contributed by atoms with Crippen LogP contribution in [0.25, 0.3) is 6.08 Å². The first-order chi connectivity index (χ1) is 9.95. The quantitative estimate of drug-likeness (QED) is 0.742. The number of carboxylic acids is 1. The van der Waals surface area contributed by atoms with E-state index in [0.29, 0.717) is 32.1 Å². The Kier molecular flexibility index (Phi) is 5.12. The van der Waals surface area contributed by atoms with Gasteiger partial charge in [-0.25, -0.2) is 4.79 Å². The van der Waals surface area contributed by atoms with Gasteiger partial charge in [-0.05, 0) is 36.4 Å². The zero-order chi connectivity index (χ0) is 15.4. The van der Waals surface area contributed by atoms with Crippen LogP contribution >= 0.6 is 34.8 Å². The average Bonchev–Trinajstić information content (AvgIpc) is 2.43. The van der Waals surface area contributed by atoms with Crippen molar-refractivity contribution >= 4 is 46.8 Å². The molecule has 0 bridgehead atoms. The minimum absolute atomic E-state index is 0.366. The van der Waals surface area contributed by atoms with Crippen molar-refractivity contribution in [2.45, 2.75) is 0 Å². The number of rotatable bonds is 4. The molecule has 0 amide bonds. The van der Waals surface area contributed by atoms with Gasteiger partial charge in [0.2, 0.25) is 0 Å². The van der Waals surface area contributed by atoms with Gasteiger partial charge in [0.15, 0.2) is 0 Å². The molecule has 6 heteroatoms. The minimum atomic E-state index is -1.06. The molecular formula is C15H9Cl3O3. The monoisotopic (exact) mass is 342 g/mol. The first kappa shape index (κ1) is 15.7. The molecule has 3 nitrogen and oxygen atoms in total. The van der Waals surface area contributed by atoms with Crippen molar-refractivity contribution in [3.63, 3.8) is 0 Å². The van der Waals surface area contributed by atoms with Crippen molar-refractivity contribution in [1.29, 1.82) is 0 Å². The Morgan fingerprint density at radius 2 is 1.81 bits per heavy atom. The molecule has 1 N–H and O–H groups in total. The Labute approximate surface area is 136 Å². The molecule has 0 aliphatic carbocycles. The van der Waals surface area contributed by atoms with Crippen LogP contribution in [0.3, 0.4) is 0 Å². The number of aliphatic carboxylic acids is 1. The number of hydrogen-bond donors (Lipinski definition) is 1. The first-order valence-electron chi connectivity index (χ1n) is 5.79. The van der Waals surface area contributed by atoms with Crippen LogP contribution in [0.4, 0.5) is 0 Å². The molecule has 0 saturated carbocycles. The molecule has 0 aliphatic heterocycles. The molecule has 2 aromatic carbocycles. The van der Waals surface area contributed by atoms with E-state index in [2.05, 4.69) is 0 Å². The van der Waals surface area contributed by atoms with E-state index in [4.69, 9.17) is 44.6 Å². The summed E-state index contributed by atoms with van der Waals surface area (Å²) in [5.41, 5.74) is 0.538. The normalized spacial score (nSPS) is 10.8. The Balaban J connectivity index is 2.34. The lowest BCUT2D eigenvalue weighted by Crippen LogP contribution is -1.90. The minimum Gasteiger partial charge on any atom is -0.478 e. The summed E-state index contributed by atoms with van der Waals surface area (Å²) in [4.78, 5) is 10.6. The summed E-state index contributed by atoms with van der Waals surface area (Å²) in [6.45, 7) is 0. The van der Waals surface area contributed by atoms with E-state index in [1.54, 1.807) is 36.4 Å². The SMILES string of the molecule is O=C(O)/C=C/c1cc(Cl)ccc1Oc1ccc(Cl)c(Cl)c1. The summed E-state index contributed by atoms with van der Waals surface area (Å²) >= 11 is 17.7. The van der Waals surface area contributed by atoms with Crippen molar-refractivity contribution in [3.05, 3.63) is 63.1 Å². The van der Waals surface area contributed by atoms with E-state index >= 15 is 0 Å². The molecule has 0 fully saturated rings. The molecular weight excluding hydrogens is 335 g/mol. The fourth-order valence-corrected chi connectivity index (χ4v) is 2.04. The third-order valence-corrected chi connectivity index (χ3v) is 3.47. The Morgan fingerprint density at radius 3 is 2.48 bits per heavy atom. The van der Waals surface area contributed by atoms with Crippen LogP contribution in [0.2, 0.25) is 15.1 Å². The van der Waals surface area contributed by atoms with E-state index in [9.17, 15) is 4.79 Å². The lowest BCUT2D eigenvalue weighted by Gasteiger charge is -2.10. The van der Waals surface area contributed by atoms with E-state index < -0.39 is 5.97 Å². The molecule has 0 heterocycles. The van der Waals surface area contributed by atoms with E-state index in [0.717, 1.165) is 6.08 Å². The average molecular weight is 344 g/mol. The van der Waals surface area contributed by atoms with Gasteiger partial charge in [-0.1, -0.05) is 34.8 Å². The van der Waals surface area contributed by atoms with Gasteiger partial charge in [0, 0.05) is 22.7 Å². The molecule has 0 unspecified atom stereocenters. The van der Waals surface area contributed by atoms with Gasteiger partial charge in [-0.3, -0.25) is 0 Å². The Bertz CT molecular complexity index is 711. The number of ether oxygens (including phenoxy) is 1. The first-order valence-corrected chi connectivity index (χ1v) is 6.92. The molecule has 0 aliphatic rings. The maximum Gasteiger partial charge on any atom is 0.328 e. The summed E-state index contributed by atoms with van der Waals surface area (Å²) in [6.07, 6.45) is 2.41. The standard InChI is InChI=1S/C15H9Cl3O3/c16-10-2-5-14(9(7-10)1-6-15(19)20)21-11-3-4-12(17)13(18)8-11/h1-8H,(H,19,20)/b6-1+. The number of halogens is 3. The Morgan fingerprint density at radius 1 is 1.05 bits per heavy atom. The van der Waals surface area contributed by atoms with Gasteiger partial charge < -0.3 is 9.84 Å². The van der Waals surface area contributed by atoms with Gasteiger partial charge in [-0.2, -0.15) is 0 Å². The van der Waals surface area contributed by atoms with Crippen LogP contribution in [0, 0.1) is 0 Å². The summed E-state index contributed by atoms with van der Waals surface area (Å²) in [7, 11) is 0. The third-order valence-electron chi connectivity index (χ3n) is 2.50. The van der Waals surface area contributed by atoms with E-state index in [-0.39, 0.29) is 0 Å². The zero-order valence-corrected chi connectivity index (χ0v) is 12.8. The molecule has 0 spiro atoms. The summed E-state index contributed by atoms with van der Waals surface area (Å²) in [5.74, 6) is -0.123. The van der Waals surface area contributed by atoms with Gasteiger partial charge in [-0.15, -0.1) is 0 Å². The van der Waals surface area contributed by atoms with Crippen LogP contribution in [-0.2, 0) is 4.79 Å². The highest BCUT2D eigenvalue weighted by atomic mass is 35.5. The third kappa shape index (κ3) is 4.39. The van der Waals surface area contributed by atoms with Crippen molar-refractivity contribution in [1.82, 2.24) is 0 Å². The van der Waals surface area contributed by atoms with Crippen LogP contribution in [0.1, 0.15) is 5.56 Å². The van der Waals surface area contributed by atoms with Crippen LogP contribution in [0.15, 0.2) is 42.5 Å². The van der Waals surface area contributed by atoms with Crippen LogP contribution < -0.4 is 4.74 Å². The molecule has 21 heavy (non-hydrogen) atoms. The maximum absolute atomic E-state index is 10.6. The van der Waals surface area contributed by atoms with Crippen molar-refractivity contribution in [3.8, 4) is 11.5 Å². The predicted octanol–water partition coefficient (Wildman–Crippen LogP) is 5.54. The Hall–Kier alpha value is -1.68. The molecule has 2 rings (SSSR count). The zero-order valence-electron chi connectivity index (χ0n) is 10.5. The largest absolute Gasteiger partial charge is 0.478 e. The van der Waals surface area contributed by atoms with Crippen LogP contribution in [-0.4, -0.2) is 11.1 Å². The fraction of sp³-hybridized carbons (Fsp3) is 0. The topological polar surface area (TPSA) is 46.5 Å². The van der Waals surface area contributed by atoms with Crippen molar-refractivity contribution < 1.29 is 14.6 Å². The second-order valence-electron chi connectivity index (χ2n) is 4.03. The van der Waals surface area contributed by atoms with Gasteiger partial charge in [0.1, 0.15) is 11.5 Å². The highest BCUT2D eigenvalue weighted by molar-refractivity contribution is 6.42. The molecule has 0 aromatic heterocycles. The molecule has 0 atom stereocenters. The van der Waals surface area contributed by atoms with Crippen molar-refractivity contribution in [2.24, 2.45) is 0 Å². The molecule has 2 aromatic rings. The van der Waals surface area contributed by atoms with E-state index in [1.165, 1.54) is 6.08 Å². The number of carboxylic acid groups (broad SMARTS) is 1. The van der Waals surface area contributed by atoms with Crippen molar-refractivity contribution in [2.75, 3.05) is 0 Å².